The monoisotopic (exact) mass is 401 g/mol. The van der Waals surface area contributed by atoms with Gasteiger partial charge in [-0.15, -0.1) is 0 Å². The highest BCUT2D eigenvalue weighted by molar-refractivity contribution is 5.91. The Labute approximate surface area is 174 Å². The second-order valence-corrected chi connectivity index (χ2v) is 7.36. The van der Waals surface area contributed by atoms with E-state index in [4.69, 9.17) is 4.42 Å². The molecule has 0 saturated heterocycles. The summed E-state index contributed by atoms with van der Waals surface area (Å²) in [4.78, 5) is 29.4. The van der Waals surface area contributed by atoms with E-state index in [0.29, 0.717) is 16.7 Å². The van der Waals surface area contributed by atoms with E-state index in [1.807, 2.05) is 37.3 Å². The minimum Gasteiger partial charge on any atom is -0.454 e. The molecule has 0 fully saturated rings. The molecule has 6 heteroatoms. The molecule has 0 radical (unpaired) electrons. The van der Waals surface area contributed by atoms with Crippen LogP contribution in [0.5, 0.6) is 0 Å². The summed E-state index contributed by atoms with van der Waals surface area (Å²) in [5, 5.41) is 3.52. The Hall–Kier alpha value is -3.67. The van der Waals surface area contributed by atoms with Gasteiger partial charge in [0.25, 0.3) is 11.5 Å². The minimum atomic E-state index is -0.259. The molecule has 0 saturated carbocycles. The third kappa shape index (κ3) is 4.49. The van der Waals surface area contributed by atoms with Gasteiger partial charge in [0.15, 0.2) is 5.76 Å². The number of carbonyl (C=O) groups is 1. The smallest absolute Gasteiger partial charge is 0.287 e. The number of aromatic nitrogens is 2. The van der Waals surface area contributed by atoms with E-state index in [2.05, 4.69) is 22.4 Å². The first-order valence-corrected chi connectivity index (χ1v) is 9.98. The molecule has 6 nitrogen and oxygen atoms in total. The number of carbonyl (C=O) groups excluding carboxylic acids is 1. The first-order chi connectivity index (χ1) is 14.6. The maximum Gasteiger partial charge on any atom is 0.287 e. The lowest BCUT2D eigenvalue weighted by Gasteiger charge is -2.12. The second-order valence-electron chi connectivity index (χ2n) is 7.36. The van der Waals surface area contributed by atoms with Crippen molar-refractivity contribution in [2.75, 3.05) is 0 Å². The zero-order valence-corrected chi connectivity index (χ0v) is 16.7. The van der Waals surface area contributed by atoms with E-state index in [-0.39, 0.29) is 29.8 Å². The first kappa shape index (κ1) is 19.6. The van der Waals surface area contributed by atoms with Crippen molar-refractivity contribution in [3.8, 4) is 0 Å². The molecule has 0 aliphatic rings. The van der Waals surface area contributed by atoms with Gasteiger partial charge in [0, 0.05) is 6.04 Å². The number of rotatable bonds is 7. The van der Waals surface area contributed by atoms with Crippen LogP contribution in [0.3, 0.4) is 0 Å². The number of nitrogens with zero attached hydrogens (tertiary/aromatic N) is 2. The Bertz CT molecular complexity index is 1210. The molecule has 0 spiro atoms. The largest absolute Gasteiger partial charge is 0.454 e. The van der Waals surface area contributed by atoms with E-state index in [9.17, 15) is 9.59 Å². The number of hydrogen-bond acceptors (Lipinski definition) is 4. The van der Waals surface area contributed by atoms with Gasteiger partial charge in [0.05, 0.1) is 23.8 Å². The number of para-hydroxylation sites is 1. The average Bonchev–Trinajstić information content (AvgIpc) is 3.24. The van der Waals surface area contributed by atoms with Gasteiger partial charge in [0.1, 0.15) is 5.76 Å². The fourth-order valence-electron chi connectivity index (χ4n) is 3.37. The van der Waals surface area contributed by atoms with Crippen LogP contribution in [0.2, 0.25) is 0 Å². The van der Waals surface area contributed by atoms with Crippen molar-refractivity contribution >= 4 is 16.8 Å². The number of hydrogen-bond donors (Lipinski definition) is 1. The Balaban J connectivity index is 1.38. The Morgan fingerprint density at radius 3 is 2.67 bits per heavy atom. The summed E-state index contributed by atoms with van der Waals surface area (Å²) < 4.78 is 7.16. The number of benzene rings is 2. The van der Waals surface area contributed by atoms with E-state index in [0.717, 1.165) is 12.8 Å². The summed E-state index contributed by atoms with van der Waals surface area (Å²) in [7, 11) is 0. The van der Waals surface area contributed by atoms with Crippen LogP contribution in [0.4, 0.5) is 0 Å². The van der Waals surface area contributed by atoms with Gasteiger partial charge in [0.2, 0.25) is 0 Å². The lowest BCUT2D eigenvalue weighted by Crippen LogP contribution is -2.32. The summed E-state index contributed by atoms with van der Waals surface area (Å²) >= 11 is 0. The van der Waals surface area contributed by atoms with Crippen LogP contribution >= 0.6 is 0 Å². The highest BCUT2D eigenvalue weighted by Gasteiger charge is 2.15. The molecule has 0 aliphatic heterocycles. The Morgan fingerprint density at radius 2 is 1.83 bits per heavy atom. The van der Waals surface area contributed by atoms with E-state index in [1.165, 1.54) is 16.5 Å². The number of fused-ring (bicyclic) bond motifs is 1. The summed E-state index contributed by atoms with van der Waals surface area (Å²) in [5.41, 5.74) is 1.76. The Kier molecular flexibility index (Phi) is 5.75. The van der Waals surface area contributed by atoms with Crippen molar-refractivity contribution in [1.29, 1.82) is 0 Å². The molecule has 1 N–H and O–H groups in total. The minimum absolute atomic E-state index is 0.0126. The van der Waals surface area contributed by atoms with Crippen LogP contribution in [0, 0.1) is 0 Å². The van der Waals surface area contributed by atoms with Crippen molar-refractivity contribution in [3.63, 3.8) is 0 Å². The van der Waals surface area contributed by atoms with Crippen molar-refractivity contribution in [3.05, 3.63) is 100 Å². The summed E-state index contributed by atoms with van der Waals surface area (Å²) in [5.74, 6) is 0.500. The van der Waals surface area contributed by atoms with E-state index >= 15 is 0 Å². The molecule has 1 unspecified atom stereocenters. The average molecular weight is 401 g/mol. The van der Waals surface area contributed by atoms with Gasteiger partial charge in [-0.3, -0.25) is 14.2 Å². The lowest BCUT2D eigenvalue weighted by atomic mass is 10.1. The highest BCUT2D eigenvalue weighted by atomic mass is 16.4. The van der Waals surface area contributed by atoms with Crippen LogP contribution < -0.4 is 10.9 Å². The normalized spacial score (nSPS) is 12.0. The molecular weight excluding hydrogens is 378 g/mol. The molecule has 2 heterocycles. The second kappa shape index (κ2) is 8.78. The molecule has 2 aromatic heterocycles. The van der Waals surface area contributed by atoms with Gasteiger partial charge in [-0.05, 0) is 49.6 Å². The molecule has 30 heavy (non-hydrogen) atoms. The maximum absolute atomic E-state index is 12.6. The topological polar surface area (TPSA) is 77.1 Å². The van der Waals surface area contributed by atoms with Gasteiger partial charge in [-0.2, -0.15) is 0 Å². The molecule has 0 bridgehead atoms. The maximum atomic E-state index is 12.6. The quantitative estimate of drug-likeness (QED) is 0.511. The molecule has 2 aromatic carbocycles. The molecule has 4 aromatic rings. The van der Waals surface area contributed by atoms with E-state index in [1.54, 1.807) is 24.3 Å². The highest BCUT2D eigenvalue weighted by Crippen LogP contribution is 2.12. The van der Waals surface area contributed by atoms with Crippen LogP contribution in [-0.4, -0.2) is 21.5 Å². The van der Waals surface area contributed by atoms with Crippen molar-refractivity contribution in [2.45, 2.75) is 32.4 Å². The summed E-state index contributed by atoms with van der Waals surface area (Å²) in [6, 6.07) is 20.7. The van der Waals surface area contributed by atoms with Crippen molar-refractivity contribution in [1.82, 2.24) is 14.9 Å². The van der Waals surface area contributed by atoms with E-state index < -0.39 is 0 Å². The summed E-state index contributed by atoms with van der Waals surface area (Å²) in [6.45, 7) is 2.19. The molecule has 4 rings (SSSR count). The molecule has 1 amide bonds. The molecule has 1 atom stereocenters. The van der Waals surface area contributed by atoms with Crippen molar-refractivity contribution < 1.29 is 9.21 Å². The fraction of sp³-hybridized carbons (Fsp3) is 0.208. The molecule has 152 valence electrons. The Morgan fingerprint density at radius 1 is 1.07 bits per heavy atom. The van der Waals surface area contributed by atoms with Crippen LogP contribution in [0.1, 0.15) is 35.2 Å². The molecule has 0 aliphatic carbocycles. The van der Waals surface area contributed by atoms with Gasteiger partial charge in [-0.25, -0.2) is 4.98 Å². The first-order valence-electron chi connectivity index (χ1n) is 9.98. The summed E-state index contributed by atoms with van der Waals surface area (Å²) in [6.07, 6.45) is 3.23. The fourth-order valence-corrected chi connectivity index (χ4v) is 3.37. The van der Waals surface area contributed by atoms with Gasteiger partial charge < -0.3 is 9.73 Å². The van der Waals surface area contributed by atoms with Gasteiger partial charge >= 0.3 is 0 Å². The zero-order chi connectivity index (χ0) is 20.9. The van der Waals surface area contributed by atoms with Gasteiger partial charge in [-0.1, -0.05) is 42.5 Å². The standard InChI is InChI=1S/C24H23N3O3/c1-17(11-12-18-7-3-2-4-8-18)26-23(28)22-14-13-19(30-22)15-27-16-25-21-10-6-5-9-20(21)24(27)29/h2-10,13-14,16-17H,11-12,15H2,1H3,(H,26,28). The van der Waals surface area contributed by atoms with Crippen molar-refractivity contribution in [2.24, 2.45) is 0 Å². The molecular formula is C24H23N3O3. The number of nitrogens with one attached hydrogen (secondary N) is 1. The zero-order valence-electron chi connectivity index (χ0n) is 16.7. The predicted molar refractivity (Wildman–Crippen MR) is 116 cm³/mol. The lowest BCUT2D eigenvalue weighted by molar-refractivity contribution is 0.0908. The SMILES string of the molecule is CC(CCc1ccccc1)NC(=O)c1ccc(Cn2cnc3ccccc3c2=O)o1. The third-order valence-corrected chi connectivity index (χ3v) is 5.03. The number of furan rings is 1. The number of amides is 1. The van der Waals surface area contributed by atoms with Crippen LogP contribution in [0.25, 0.3) is 10.9 Å². The van der Waals surface area contributed by atoms with Crippen LogP contribution in [-0.2, 0) is 13.0 Å². The predicted octanol–water partition coefficient (Wildman–Crippen LogP) is 3.79. The van der Waals surface area contributed by atoms with Crippen LogP contribution in [0.15, 0.2) is 82.3 Å². The third-order valence-electron chi connectivity index (χ3n) is 5.03. The number of aryl methyl sites for hydroxylation is 1.